The molecule has 0 saturated carbocycles. The van der Waals surface area contributed by atoms with Crippen LogP contribution < -0.4 is 10.0 Å². The lowest BCUT2D eigenvalue weighted by Gasteiger charge is -2.17. The SMILES string of the molecule is O=C1NCCc2ccc(S(=O)(=O)NC(=O)c3cc(-c4nc5ccccc5s4)nc4ccccc34)cc21. The summed E-state index contributed by atoms with van der Waals surface area (Å²) in [5.74, 6) is -1.13. The molecule has 5 aromatic rings. The first-order valence-corrected chi connectivity index (χ1v) is 13.4. The Hall–Kier alpha value is -4.15. The summed E-state index contributed by atoms with van der Waals surface area (Å²) in [5.41, 5.74) is 3.06. The van der Waals surface area contributed by atoms with E-state index in [-0.39, 0.29) is 16.4 Å². The summed E-state index contributed by atoms with van der Waals surface area (Å²) >= 11 is 1.44. The van der Waals surface area contributed by atoms with Gasteiger partial charge in [-0.3, -0.25) is 9.59 Å². The van der Waals surface area contributed by atoms with E-state index in [9.17, 15) is 18.0 Å². The Morgan fingerprint density at radius 3 is 2.56 bits per heavy atom. The number of para-hydroxylation sites is 2. The highest BCUT2D eigenvalue weighted by molar-refractivity contribution is 7.90. The Morgan fingerprint density at radius 1 is 0.944 bits per heavy atom. The molecule has 178 valence electrons. The minimum absolute atomic E-state index is 0.156. The Kier molecular flexibility index (Phi) is 5.27. The van der Waals surface area contributed by atoms with E-state index in [2.05, 4.69) is 20.0 Å². The Labute approximate surface area is 210 Å². The second-order valence-electron chi connectivity index (χ2n) is 8.32. The number of sulfonamides is 1. The highest BCUT2D eigenvalue weighted by Gasteiger charge is 2.25. The Bertz CT molecular complexity index is 1780. The minimum atomic E-state index is -4.24. The lowest BCUT2D eigenvalue weighted by molar-refractivity contribution is 0.0944. The number of nitrogens with one attached hydrogen (secondary N) is 2. The number of hydrogen-bond donors (Lipinski definition) is 2. The molecule has 0 saturated heterocycles. The topological polar surface area (TPSA) is 118 Å². The van der Waals surface area contributed by atoms with Gasteiger partial charge in [-0.25, -0.2) is 23.1 Å². The molecule has 2 aromatic heterocycles. The highest BCUT2D eigenvalue weighted by Crippen LogP contribution is 2.31. The van der Waals surface area contributed by atoms with Crippen molar-refractivity contribution in [2.75, 3.05) is 6.54 Å². The molecule has 1 aliphatic rings. The molecular formula is C26H18N4O4S2. The van der Waals surface area contributed by atoms with E-state index < -0.39 is 15.9 Å². The Morgan fingerprint density at radius 2 is 1.72 bits per heavy atom. The van der Waals surface area contributed by atoms with Crippen LogP contribution in [0.2, 0.25) is 0 Å². The molecule has 2 N–H and O–H groups in total. The predicted octanol–water partition coefficient (Wildman–Crippen LogP) is 3.92. The molecule has 0 aliphatic carbocycles. The average molecular weight is 515 g/mol. The number of fused-ring (bicyclic) bond motifs is 3. The number of amides is 2. The quantitative estimate of drug-likeness (QED) is 0.375. The van der Waals surface area contributed by atoms with Crippen LogP contribution in [-0.2, 0) is 16.4 Å². The second-order valence-corrected chi connectivity index (χ2v) is 11.0. The van der Waals surface area contributed by atoms with E-state index in [1.165, 1.54) is 23.5 Å². The van der Waals surface area contributed by atoms with Gasteiger partial charge in [0.25, 0.3) is 21.8 Å². The van der Waals surface area contributed by atoms with Gasteiger partial charge in [-0.1, -0.05) is 36.4 Å². The maximum atomic E-state index is 13.3. The number of rotatable bonds is 4. The highest BCUT2D eigenvalue weighted by atomic mass is 32.2. The number of hydrogen-bond acceptors (Lipinski definition) is 7. The molecule has 3 heterocycles. The molecule has 6 rings (SSSR count). The molecule has 0 spiro atoms. The number of benzene rings is 3. The molecule has 3 aromatic carbocycles. The first-order valence-electron chi connectivity index (χ1n) is 11.1. The fourth-order valence-electron chi connectivity index (χ4n) is 4.25. The third-order valence-electron chi connectivity index (χ3n) is 6.02. The van der Waals surface area contributed by atoms with Crippen molar-refractivity contribution >= 4 is 54.3 Å². The number of carbonyl (C=O) groups is 2. The van der Waals surface area contributed by atoms with Crippen LogP contribution in [0.25, 0.3) is 31.8 Å². The van der Waals surface area contributed by atoms with Gasteiger partial charge in [-0.05, 0) is 48.4 Å². The third-order valence-corrected chi connectivity index (χ3v) is 8.40. The molecular weight excluding hydrogens is 496 g/mol. The molecule has 0 bridgehead atoms. The van der Waals surface area contributed by atoms with Crippen LogP contribution in [0.1, 0.15) is 26.3 Å². The van der Waals surface area contributed by atoms with Gasteiger partial charge in [0.05, 0.1) is 26.2 Å². The summed E-state index contributed by atoms with van der Waals surface area (Å²) in [4.78, 5) is 34.7. The van der Waals surface area contributed by atoms with Crippen molar-refractivity contribution in [3.8, 4) is 10.7 Å². The smallest absolute Gasteiger partial charge is 0.265 e. The number of pyridine rings is 1. The van der Waals surface area contributed by atoms with Crippen molar-refractivity contribution < 1.29 is 18.0 Å². The number of thiazole rings is 1. The van der Waals surface area contributed by atoms with Crippen LogP contribution in [0.5, 0.6) is 0 Å². The molecule has 0 radical (unpaired) electrons. The summed E-state index contributed by atoms with van der Waals surface area (Å²) in [5, 5.41) is 3.84. The van der Waals surface area contributed by atoms with Crippen LogP contribution >= 0.6 is 11.3 Å². The Balaban J connectivity index is 1.40. The van der Waals surface area contributed by atoms with Gasteiger partial charge in [0.1, 0.15) is 10.7 Å². The first kappa shape index (κ1) is 22.3. The summed E-state index contributed by atoms with van der Waals surface area (Å²) < 4.78 is 29.4. The predicted molar refractivity (Wildman–Crippen MR) is 137 cm³/mol. The fourth-order valence-corrected chi connectivity index (χ4v) is 6.17. The molecule has 2 amide bonds. The third kappa shape index (κ3) is 3.90. The lowest BCUT2D eigenvalue weighted by Crippen LogP contribution is -2.33. The summed E-state index contributed by atoms with van der Waals surface area (Å²) in [6, 6.07) is 20.6. The summed E-state index contributed by atoms with van der Waals surface area (Å²) in [7, 11) is -4.24. The molecule has 36 heavy (non-hydrogen) atoms. The number of aromatic nitrogens is 2. The van der Waals surface area contributed by atoms with E-state index in [4.69, 9.17) is 0 Å². The van der Waals surface area contributed by atoms with Gasteiger partial charge in [0.2, 0.25) is 0 Å². The standard InChI is InChI=1S/C26H18N4O4S2/c31-24-18-13-16(10-9-15(18)11-12-27-24)36(33,34)30-25(32)19-14-22(28-20-6-2-1-5-17(19)20)26-29-21-7-3-4-8-23(21)35-26/h1-10,13-14H,11-12H2,(H,27,31)(H,30,32). The average Bonchev–Trinajstić information content (AvgIpc) is 3.32. The van der Waals surface area contributed by atoms with Crippen molar-refractivity contribution in [1.82, 2.24) is 20.0 Å². The number of carbonyl (C=O) groups excluding carboxylic acids is 2. The first-order chi connectivity index (χ1) is 17.4. The zero-order valence-corrected chi connectivity index (χ0v) is 20.3. The largest absolute Gasteiger partial charge is 0.352 e. The second kappa shape index (κ2) is 8.51. The van der Waals surface area contributed by atoms with Crippen molar-refractivity contribution in [3.05, 3.63) is 89.5 Å². The molecule has 0 fully saturated rings. The number of nitrogens with zero attached hydrogens (tertiary/aromatic N) is 2. The van der Waals surface area contributed by atoms with Crippen molar-refractivity contribution in [2.24, 2.45) is 0 Å². The van der Waals surface area contributed by atoms with E-state index in [0.717, 1.165) is 15.8 Å². The molecule has 0 unspecified atom stereocenters. The summed E-state index contributed by atoms with van der Waals surface area (Å²) in [6.45, 7) is 0.501. The van der Waals surface area contributed by atoms with Crippen LogP contribution in [0.4, 0.5) is 0 Å². The maximum Gasteiger partial charge on any atom is 0.265 e. The lowest BCUT2D eigenvalue weighted by atomic mass is 10.0. The van der Waals surface area contributed by atoms with Crippen molar-refractivity contribution in [3.63, 3.8) is 0 Å². The van der Waals surface area contributed by atoms with E-state index in [1.54, 1.807) is 36.4 Å². The fraction of sp³-hybridized carbons (Fsp3) is 0.0769. The van der Waals surface area contributed by atoms with Crippen LogP contribution in [0.15, 0.2) is 77.7 Å². The van der Waals surface area contributed by atoms with Gasteiger partial charge >= 0.3 is 0 Å². The van der Waals surface area contributed by atoms with Gasteiger partial charge < -0.3 is 5.32 Å². The van der Waals surface area contributed by atoms with Crippen LogP contribution in [0.3, 0.4) is 0 Å². The van der Waals surface area contributed by atoms with Crippen LogP contribution in [0, 0.1) is 0 Å². The monoisotopic (exact) mass is 514 g/mol. The van der Waals surface area contributed by atoms with Gasteiger partial charge in [0, 0.05) is 17.5 Å². The molecule has 10 heteroatoms. The zero-order valence-electron chi connectivity index (χ0n) is 18.7. The van der Waals surface area contributed by atoms with Crippen molar-refractivity contribution in [2.45, 2.75) is 11.3 Å². The van der Waals surface area contributed by atoms with E-state index >= 15 is 0 Å². The maximum absolute atomic E-state index is 13.3. The normalized spacial score (nSPS) is 13.4. The van der Waals surface area contributed by atoms with Gasteiger partial charge in [-0.2, -0.15) is 0 Å². The van der Waals surface area contributed by atoms with Gasteiger partial charge in [0.15, 0.2) is 0 Å². The summed E-state index contributed by atoms with van der Waals surface area (Å²) in [6.07, 6.45) is 0.616. The van der Waals surface area contributed by atoms with Gasteiger partial charge in [-0.15, -0.1) is 11.3 Å². The molecule has 0 atom stereocenters. The van der Waals surface area contributed by atoms with E-state index in [1.807, 2.05) is 24.3 Å². The van der Waals surface area contributed by atoms with Crippen molar-refractivity contribution in [1.29, 1.82) is 0 Å². The molecule has 1 aliphatic heterocycles. The van der Waals surface area contributed by atoms with E-state index in [0.29, 0.717) is 40.1 Å². The van der Waals surface area contributed by atoms with Crippen LogP contribution in [-0.4, -0.2) is 36.7 Å². The minimum Gasteiger partial charge on any atom is -0.352 e. The zero-order chi connectivity index (χ0) is 24.9. The molecule has 8 nitrogen and oxygen atoms in total.